The Morgan fingerprint density at radius 1 is 1.00 bits per heavy atom. The molecule has 1 aliphatic rings. The van der Waals surface area contributed by atoms with Gasteiger partial charge in [0.15, 0.2) is 0 Å². The fraction of sp³-hybridized carbons (Fsp3) is 0.118. The van der Waals surface area contributed by atoms with E-state index in [9.17, 15) is 19.5 Å². The fourth-order valence-corrected chi connectivity index (χ4v) is 4.31. The lowest BCUT2D eigenvalue weighted by molar-refractivity contribution is -0.385. The summed E-state index contributed by atoms with van der Waals surface area (Å²) < 4.78 is 23.0. The molecule has 0 atom stereocenters. The molecule has 2 aromatic carbocycles. The van der Waals surface area contributed by atoms with Crippen molar-refractivity contribution in [2.45, 2.75) is 0 Å². The van der Waals surface area contributed by atoms with Gasteiger partial charge < -0.3 is 9.05 Å². The van der Waals surface area contributed by atoms with E-state index in [2.05, 4.69) is 0 Å². The second-order valence-electron chi connectivity index (χ2n) is 5.24. The first-order chi connectivity index (χ1) is 11.9. The topological polar surface area (TPSA) is 95.7 Å². The Balaban J connectivity index is 2.45. The maximum absolute atomic E-state index is 13.0. The second-order valence-corrected chi connectivity index (χ2v) is 7.41. The van der Waals surface area contributed by atoms with Gasteiger partial charge in [-0.05, 0) is 11.6 Å². The van der Waals surface area contributed by atoms with Crippen LogP contribution in [0.15, 0.2) is 53.8 Å². The van der Waals surface area contributed by atoms with Gasteiger partial charge in [-0.2, -0.15) is 0 Å². The zero-order chi connectivity index (χ0) is 18.2. The molecule has 3 rings (SSSR count). The van der Waals surface area contributed by atoms with E-state index in [1.807, 2.05) is 0 Å². The summed E-state index contributed by atoms with van der Waals surface area (Å²) in [4.78, 5) is 23.8. The predicted molar refractivity (Wildman–Crippen MR) is 91.5 cm³/mol. The summed E-state index contributed by atoms with van der Waals surface area (Å²) in [5.74, 6) is -0.593. The third-order valence-corrected chi connectivity index (χ3v) is 5.94. The quantitative estimate of drug-likeness (QED) is 0.454. The summed E-state index contributed by atoms with van der Waals surface area (Å²) in [7, 11) is -1.59. The van der Waals surface area contributed by atoms with Crippen molar-refractivity contribution in [2.75, 3.05) is 14.2 Å². The minimum Gasteiger partial charge on any atom is -0.308 e. The smallest absolute Gasteiger partial charge is 0.308 e. The second kappa shape index (κ2) is 6.37. The number of allylic oxidation sites excluding steroid dienone is 1. The molecule has 0 aromatic heterocycles. The van der Waals surface area contributed by atoms with E-state index in [0.29, 0.717) is 5.56 Å². The summed E-state index contributed by atoms with van der Waals surface area (Å²) in [6.07, 6.45) is 0. The maximum atomic E-state index is 13.0. The first-order valence-corrected chi connectivity index (χ1v) is 8.83. The number of ketones is 1. The lowest BCUT2D eigenvalue weighted by Crippen LogP contribution is -2.03. The fourth-order valence-electron chi connectivity index (χ4n) is 2.91. The van der Waals surface area contributed by atoms with Crippen molar-refractivity contribution in [2.24, 2.45) is 0 Å². The summed E-state index contributed by atoms with van der Waals surface area (Å²) in [6, 6.07) is 12.8. The molecule has 0 radical (unpaired) electrons. The summed E-state index contributed by atoms with van der Waals surface area (Å²) in [6.45, 7) is 0. The van der Waals surface area contributed by atoms with Gasteiger partial charge in [0.1, 0.15) is 5.31 Å². The number of nitrogens with zero attached hydrogens (tertiary/aromatic N) is 1. The number of nitro groups is 1. The molecule has 1 aliphatic carbocycles. The van der Waals surface area contributed by atoms with E-state index in [1.165, 1.54) is 32.4 Å². The van der Waals surface area contributed by atoms with Crippen molar-refractivity contribution < 1.29 is 23.3 Å². The zero-order valence-corrected chi connectivity index (χ0v) is 14.4. The van der Waals surface area contributed by atoms with Crippen LogP contribution < -0.4 is 0 Å². The highest BCUT2D eigenvalue weighted by molar-refractivity contribution is 7.60. The van der Waals surface area contributed by atoms with Crippen LogP contribution in [0.5, 0.6) is 0 Å². The van der Waals surface area contributed by atoms with E-state index in [4.69, 9.17) is 9.05 Å². The number of Topliss-reactive ketones (excluding diaryl/α,β-unsaturated/α-hetero) is 1. The third-order valence-electron chi connectivity index (χ3n) is 4.00. The SMILES string of the molecule is COP(=O)(OC)C1=C(c2ccccc2)c2c(cccc2[N+](=O)[O-])C1=O. The highest BCUT2D eigenvalue weighted by Gasteiger charge is 2.45. The molecule has 0 aliphatic heterocycles. The number of hydrogen-bond donors (Lipinski definition) is 0. The number of carbonyl (C=O) groups is 1. The lowest BCUT2D eigenvalue weighted by atomic mass is 9.97. The monoisotopic (exact) mass is 359 g/mol. The molecule has 0 saturated carbocycles. The zero-order valence-electron chi connectivity index (χ0n) is 13.5. The van der Waals surface area contributed by atoms with Crippen LogP contribution in [0.25, 0.3) is 5.57 Å². The van der Waals surface area contributed by atoms with Gasteiger partial charge in [0.2, 0.25) is 5.78 Å². The van der Waals surface area contributed by atoms with Crippen LogP contribution in [-0.2, 0) is 13.6 Å². The van der Waals surface area contributed by atoms with Crippen LogP contribution in [-0.4, -0.2) is 24.9 Å². The van der Waals surface area contributed by atoms with Crippen LogP contribution in [0.2, 0.25) is 0 Å². The van der Waals surface area contributed by atoms with Crippen molar-refractivity contribution in [1.82, 2.24) is 0 Å². The van der Waals surface area contributed by atoms with Crippen LogP contribution >= 0.6 is 7.60 Å². The van der Waals surface area contributed by atoms with E-state index in [1.54, 1.807) is 30.3 Å². The van der Waals surface area contributed by atoms with Crippen LogP contribution in [0.1, 0.15) is 21.5 Å². The molecule has 0 unspecified atom stereocenters. The normalized spacial score (nSPS) is 13.9. The van der Waals surface area contributed by atoms with Crippen LogP contribution in [0.4, 0.5) is 5.69 Å². The van der Waals surface area contributed by atoms with Gasteiger partial charge in [0.05, 0.1) is 10.5 Å². The summed E-state index contributed by atoms with van der Waals surface area (Å²) in [5, 5.41) is 11.3. The predicted octanol–water partition coefficient (Wildman–Crippen LogP) is 4.04. The van der Waals surface area contributed by atoms with Crippen molar-refractivity contribution >= 4 is 24.6 Å². The van der Waals surface area contributed by atoms with Gasteiger partial charge in [0, 0.05) is 31.4 Å². The molecule has 7 nitrogen and oxygen atoms in total. The van der Waals surface area contributed by atoms with Crippen LogP contribution in [0, 0.1) is 10.1 Å². The van der Waals surface area contributed by atoms with Gasteiger partial charge in [-0.15, -0.1) is 0 Å². The van der Waals surface area contributed by atoms with Crippen LogP contribution in [0.3, 0.4) is 0 Å². The summed E-state index contributed by atoms with van der Waals surface area (Å²) in [5.41, 5.74) is 0.733. The Morgan fingerprint density at radius 3 is 2.20 bits per heavy atom. The number of rotatable bonds is 5. The molecule has 2 aromatic rings. The number of benzene rings is 2. The first-order valence-electron chi connectivity index (χ1n) is 7.29. The molecule has 128 valence electrons. The molecule has 0 fully saturated rings. The molecule has 25 heavy (non-hydrogen) atoms. The molecule has 0 bridgehead atoms. The molecular formula is C17H14NO6P. The standard InChI is InChI=1S/C17H14NO6P/c1-23-25(22,24-2)17-14(11-7-4-3-5-8-11)15-12(16(17)19)9-6-10-13(15)18(20)21/h3-10H,1-2H3. The van der Waals surface area contributed by atoms with E-state index < -0.39 is 18.3 Å². The Labute approximate surface area is 143 Å². The van der Waals surface area contributed by atoms with Gasteiger partial charge in [-0.3, -0.25) is 19.5 Å². The van der Waals surface area contributed by atoms with Gasteiger partial charge in [0.25, 0.3) is 5.69 Å². The average Bonchev–Trinajstić information content (AvgIpc) is 2.95. The van der Waals surface area contributed by atoms with Crippen molar-refractivity contribution in [3.05, 3.63) is 80.6 Å². The van der Waals surface area contributed by atoms with E-state index >= 15 is 0 Å². The molecule has 0 saturated heterocycles. The molecule has 8 heteroatoms. The third kappa shape index (κ3) is 2.62. The van der Waals surface area contributed by atoms with Crippen molar-refractivity contribution in [1.29, 1.82) is 0 Å². The Morgan fingerprint density at radius 2 is 1.64 bits per heavy atom. The highest BCUT2D eigenvalue weighted by atomic mass is 31.2. The molecular weight excluding hydrogens is 345 g/mol. The van der Waals surface area contributed by atoms with Gasteiger partial charge in [-0.25, -0.2) is 0 Å². The molecule has 0 amide bonds. The molecule has 0 spiro atoms. The van der Waals surface area contributed by atoms with E-state index in [-0.39, 0.29) is 27.7 Å². The highest BCUT2D eigenvalue weighted by Crippen LogP contribution is 2.62. The van der Waals surface area contributed by atoms with E-state index in [0.717, 1.165) is 0 Å². The molecule has 0 heterocycles. The number of carbonyl (C=O) groups excluding carboxylic acids is 1. The summed E-state index contributed by atoms with van der Waals surface area (Å²) >= 11 is 0. The van der Waals surface area contributed by atoms with Gasteiger partial charge in [-0.1, -0.05) is 36.4 Å². The number of hydrogen-bond acceptors (Lipinski definition) is 6. The minimum atomic E-state index is -3.93. The van der Waals surface area contributed by atoms with Crippen molar-refractivity contribution in [3.8, 4) is 0 Å². The Kier molecular flexibility index (Phi) is 4.39. The first kappa shape index (κ1) is 17.2. The largest absolute Gasteiger partial charge is 0.365 e. The lowest BCUT2D eigenvalue weighted by Gasteiger charge is -2.16. The Hall–Kier alpha value is -2.60. The van der Waals surface area contributed by atoms with Crippen molar-refractivity contribution in [3.63, 3.8) is 0 Å². The number of nitro benzene ring substituents is 1. The molecule has 0 N–H and O–H groups in total. The Bertz CT molecular complexity index is 943. The minimum absolute atomic E-state index is 0.109. The number of fused-ring (bicyclic) bond motifs is 1. The van der Waals surface area contributed by atoms with Gasteiger partial charge >= 0.3 is 7.60 Å². The maximum Gasteiger partial charge on any atom is 0.365 e. The average molecular weight is 359 g/mol.